The second kappa shape index (κ2) is 5.39. The Kier molecular flexibility index (Phi) is 3.95. The van der Waals surface area contributed by atoms with Gasteiger partial charge < -0.3 is 5.32 Å². The van der Waals surface area contributed by atoms with E-state index in [9.17, 15) is 0 Å². The number of hydrogen-bond acceptors (Lipinski definition) is 1. The molecular weight excluding hydrogens is 230 g/mol. The maximum Gasteiger partial charge on any atom is 0.0124 e. The minimum atomic E-state index is 0.694. The van der Waals surface area contributed by atoms with Crippen molar-refractivity contribution in [2.45, 2.75) is 78.2 Å². The SMILES string of the molecule is CCNC(CCC(C)C)C12CC3CC(CC(C3)C1)C2. The van der Waals surface area contributed by atoms with Crippen LogP contribution < -0.4 is 5.32 Å². The van der Waals surface area contributed by atoms with E-state index in [4.69, 9.17) is 0 Å². The van der Waals surface area contributed by atoms with Crippen LogP contribution in [0.15, 0.2) is 0 Å². The summed E-state index contributed by atoms with van der Waals surface area (Å²) in [6, 6.07) is 0.813. The fraction of sp³-hybridized carbons (Fsp3) is 1.00. The molecule has 1 N–H and O–H groups in total. The zero-order valence-electron chi connectivity index (χ0n) is 13.3. The fourth-order valence-electron chi connectivity index (χ4n) is 5.98. The molecule has 0 radical (unpaired) electrons. The van der Waals surface area contributed by atoms with E-state index in [1.165, 1.54) is 12.8 Å². The Morgan fingerprint density at radius 2 is 1.47 bits per heavy atom. The number of hydrogen-bond donors (Lipinski definition) is 1. The summed E-state index contributed by atoms with van der Waals surface area (Å²) >= 11 is 0. The topological polar surface area (TPSA) is 12.0 Å². The molecule has 4 rings (SSSR count). The third kappa shape index (κ3) is 2.73. The van der Waals surface area contributed by atoms with E-state index >= 15 is 0 Å². The second-order valence-corrected chi connectivity index (χ2v) is 8.36. The van der Waals surface area contributed by atoms with Gasteiger partial charge >= 0.3 is 0 Å². The molecule has 4 fully saturated rings. The molecule has 0 aliphatic heterocycles. The largest absolute Gasteiger partial charge is 0.314 e. The van der Waals surface area contributed by atoms with E-state index in [1.54, 1.807) is 38.5 Å². The monoisotopic (exact) mass is 263 g/mol. The Hall–Kier alpha value is -0.0400. The molecule has 19 heavy (non-hydrogen) atoms. The first-order chi connectivity index (χ1) is 9.11. The Bertz CT molecular complexity index is 272. The summed E-state index contributed by atoms with van der Waals surface area (Å²) in [7, 11) is 0. The third-order valence-corrected chi connectivity index (χ3v) is 6.31. The predicted octanol–water partition coefficient (Wildman–Crippen LogP) is 4.62. The molecule has 0 aromatic carbocycles. The highest BCUT2D eigenvalue weighted by molar-refractivity contribution is 5.06. The lowest BCUT2D eigenvalue weighted by atomic mass is 9.47. The Morgan fingerprint density at radius 3 is 1.89 bits per heavy atom. The van der Waals surface area contributed by atoms with Crippen LogP contribution in [-0.2, 0) is 0 Å². The van der Waals surface area contributed by atoms with Crippen molar-refractivity contribution in [1.29, 1.82) is 0 Å². The predicted molar refractivity (Wildman–Crippen MR) is 82.1 cm³/mol. The van der Waals surface area contributed by atoms with Crippen LogP contribution in [0.3, 0.4) is 0 Å². The molecule has 4 bridgehead atoms. The van der Waals surface area contributed by atoms with Gasteiger partial charge in [0.2, 0.25) is 0 Å². The lowest BCUT2D eigenvalue weighted by molar-refractivity contribution is -0.0756. The average Bonchev–Trinajstić information content (AvgIpc) is 2.32. The molecule has 1 heteroatoms. The van der Waals surface area contributed by atoms with Crippen LogP contribution in [0.2, 0.25) is 0 Å². The van der Waals surface area contributed by atoms with Crippen molar-refractivity contribution >= 4 is 0 Å². The van der Waals surface area contributed by atoms with Gasteiger partial charge in [-0.3, -0.25) is 0 Å². The van der Waals surface area contributed by atoms with Gasteiger partial charge in [0.15, 0.2) is 0 Å². The maximum absolute atomic E-state index is 3.89. The molecular formula is C18H33N. The van der Waals surface area contributed by atoms with Crippen LogP contribution in [0, 0.1) is 29.1 Å². The molecule has 0 spiro atoms. The van der Waals surface area contributed by atoms with Crippen molar-refractivity contribution in [3.05, 3.63) is 0 Å². The lowest BCUT2D eigenvalue weighted by Crippen LogP contribution is -2.56. The normalized spacial score (nSPS) is 42.0. The summed E-state index contributed by atoms with van der Waals surface area (Å²) in [4.78, 5) is 0. The summed E-state index contributed by atoms with van der Waals surface area (Å²) in [6.45, 7) is 8.21. The van der Waals surface area contributed by atoms with Crippen LogP contribution in [0.5, 0.6) is 0 Å². The lowest BCUT2D eigenvalue weighted by Gasteiger charge is -2.59. The van der Waals surface area contributed by atoms with Gasteiger partial charge in [-0.25, -0.2) is 0 Å². The van der Waals surface area contributed by atoms with Crippen LogP contribution in [0.25, 0.3) is 0 Å². The van der Waals surface area contributed by atoms with Gasteiger partial charge in [-0.2, -0.15) is 0 Å². The molecule has 0 saturated heterocycles. The van der Waals surface area contributed by atoms with Gasteiger partial charge in [-0.05, 0) is 87.0 Å². The molecule has 0 aromatic rings. The van der Waals surface area contributed by atoms with Crippen molar-refractivity contribution < 1.29 is 0 Å². The van der Waals surface area contributed by atoms with Gasteiger partial charge in [-0.1, -0.05) is 20.8 Å². The molecule has 0 aromatic heterocycles. The van der Waals surface area contributed by atoms with E-state index in [0.717, 1.165) is 36.3 Å². The van der Waals surface area contributed by atoms with Crippen LogP contribution >= 0.6 is 0 Å². The van der Waals surface area contributed by atoms with Crippen LogP contribution in [0.4, 0.5) is 0 Å². The molecule has 1 unspecified atom stereocenters. The number of nitrogens with one attached hydrogen (secondary N) is 1. The molecule has 4 aliphatic carbocycles. The van der Waals surface area contributed by atoms with Crippen molar-refractivity contribution in [1.82, 2.24) is 5.32 Å². The molecule has 4 saturated carbocycles. The van der Waals surface area contributed by atoms with Gasteiger partial charge in [0.05, 0.1) is 0 Å². The summed E-state index contributed by atoms with van der Waals surface area (Å²) < 4.78 is 0. The molecule has 1 nitrogen and oxygen atoms in total. The summed E-state index contributed by atoms with van der Waals surface area (Å²) in [5, 5.41) is 3.89. The van der Waals surface area contributed by atoms with Crippen molar-refractivity contribution in [3.8, 4) is 0 Å². The molecule has 110 valence electrons. The Labute approximate surface area is 119 Å². The van der Waals surface area contributed by atoms with E-state index in [0.29, 0.717) is 5.41 Å². The van der Waals surface area contributed by atoms with Crippen molar-refractivity contribution in [2.75, 3.05) is 6.54 Å². The molecule has 0 amide bonds. The first kappa shape index (κ1) is 13.9. The zero-order valence-corrected chi connectivity index (χ0v) is 13.3. The van der Waals surface area contributed by atoms with Crippen LogP contribution in [0.1, 0.15) is 72.1 Å². The van der Waals surface area contributed by atoms with Crippen LogP contribution in [-0.4, -0.2) is 12.6 Å². The first-order valence-electron chi connectivity index (χ1n) is 8.84. The average molecular weight is 263 g/mol. The summed E-state index contributed by atoms with van der Waals surface area (Å²) in [6.07, 6.45) is 12.2. The van der Waals surface area contributed by atoms with E-state index in [-0.39, 0.29) is 0 Å². The van der Waals surface area contributed by atoms with Crippen molar-refractivity contribution in [2.24, 2.45) is 29.1 Å². The standard InChI is InChI=1S/C18H33N/c1-4-19-17(6-5-13(2)3)18-10-14-7-15(11-18)9-16(8-14)12-18/h13-17,19H,4-12H2,1-3H3. The third-order valence-electron chi connectivity index (χ3n) is 6.31. The zero-order chi connectivity index (χ0) is 13.5. The molecule has 0 heterocycles. The summed E-state index contributed by atoms with van der Waals surface area (Å²) in [5.74, 6) is 4.12. The first-order valence-corrected chi connectivity index (χ1v) is 8.84. The smallest absolute Gasteiger partial charge is 0.0124 e. The second-order valence-electron chi connectivity index (χ2n) is 8.36. The minimum absolute atomic E-state index is 0.694. The number of rotatable bonds is 6. The summed E-state index contributed by atoms with van der Waals surface area (Å²) in [5.41, 5.74) is 0.694. The fourth-order valence-corrected chi connectivity index (χ4v) is 5.98. The maximum atomic E-state index is 3.89. The van der Waals surface area contributed by atoms with Crippen molar-refractivity contribution in [3.63, 3.8) is 0 Å². The van der Waals surface area contributed by atoms with Gasteiger partial charge in [0.1, 0.15) is 0 Å². The Morgan fingerprint density at radius 1 is 0.947 bits per heavy atom. The van der Waals surface area contributed by atoms with E-state index in [2.05, 4.69) is 26.1 Å². The van der Waals surface area contributed by atoms with E-state index < -0.39 is 0 Å². The minimum Gasteiger partial charge on any atom is -0.314 e. The van der Waals surface area contributed by atoms with Gasteiger partial charge in [0, 0.05) is 6.04 Å². The Balaban J connectivity index is 1.73. The van der Waals surface area contributed by atoms with Gasteiger partial charge in [0.25, 0.3) is 0 Å². The highest BCUT2D eigenvalue weighted by Crippen LogP contribution is 2.61. The molecule has 4 aliphatic rings. The highest BCUT2D eigenvalue weighted by atomic mass is 14.9. The highest BCUT2D eigenvalue weighted by Gasteiger charge is 2.53. The van der Waals surface area contributed by atoms with E-state index in [1.807, 2.05) is 0 Å². The quantitative estimate of drug-likeness (QED) is 0.737. The molecule has 1 atom stereocenters. The van der Waals surface area contributed by atoms with Gasteiger partial charge in [-0.15, -0.1) is 0 Å².